The van der Waals surface area contributed by atoms with Crippen LogP contribution in [0.25, 0.3) is 10.8 Å². The number of hydrogen-bond donors (Lipinski definition) is 2. The van der Waals surface area contributed by atoms with Crippen LogP contribution in [0.5, 0.6) is 0 Å². The molecule has 2 unspecified atom stereocenters. The second-order valence-corrected chi connectivity index (χ2v) is 6.30. The summed E-state index contributed by atoms with van der Waals surface area (Å²) < 4.78 is 4.84. The van der Waals surface area contributed by atoms with Gasteiger partial charge in [0.15, 0.2) is 0 Å². The molecule has 0 heterocycles. The topological polar surface area (TPSA) is 58.6 Å². The largest absolute Gasteiger partial charge is 0.450 e. The van der Waals surface area contributed by atoms with E-state index in [0.29, 0.717) is 6.61 Å². The Bertz CT molecular complexity index is 647. The van der Waals surface area contributed by atoms with Gasteiger partial charge in [0.05, 0.1) is 23.8 Å². The normalized spacial score (nSPS) is 20.0. The van der Waals surface area contributed by atoms with Crippen molar-refractivity contribution in [3.05, 3.63) is 42.5 Å². The highest BCUT2D eigenvalue weighted by molar-refractivity contribution is 6.21. The van der Waals surface area contributed by atoms with E-state index in [1.807, 2.05) is 42.5 Å². The Balaban J connectivity index is 0.000000219. The van der Waals surface area contributed by atoms with E-state index >= 15 is 0 Å². The van der Waals surface area contributed by atoms with Crippen molar-refractivity contribution in [2.24, 2.45) is 0 Å². The zero-order chi connectivity index (χ0) is 17.4. The number of alkyl halides is 1. The predicted octanol–water partition coefficient (Wildman–Crippen LogP) is 4.94. The fourth-order valence-electron chi connectivity index (χ4n) is 2.68. The molecule has 2 aromatic carbocycles. The summed E-state index contributed by atoms with van der Waals surface area (Å²) in [6.45, 7) is 2.15. The highest BCUT2D eigenvalue weighted by Gasteiger charge is 2.19. The van der Waals surface area contributed by atoms with E-state index in [2.05, 4.69) is 5.32 Å². The molecule has 130 valence electrons. The van der Waals surface area contributed by atoms with Gasteiger partial charge in [0, 0.05) is 5.39 Å². The van der Waals surface area contributed by atoms with E-state index < -0.39 is 6.09 Å². The third-order valence-electron chi connectivity index (χ3n) is 3.95. The van der Waals surface area contributed by atoms with Gasteiger partial charge < -0.3 is 9.84 Å². The Kier molecular flexibility index (Phi) is 7.35. The lowest BCUT2D eigenvalue weighted by Gasteiger charge is -2.21. The Labute approximate surface area is 147 Å². The molecule has 0 radical (unpaired) electrons. The molecule has 0 aliphatic heterocycles. The van der Waals surface area contributed by atoms with E-state index in [0.717, 1.165) is 35.7 Å². The van der Waals surface area contributed by atoms with Crippen molar-refractivity contribution >= 4 is 34.2 Å². The van der Waals surface area contributed by atoms with Crippen molar-refractivity contribution in [1.82, 2.24) is 0 Å². The Morgan fingerprint density at radius 2 is 1.92 bits per heavy atom. The summed E-state index contributed by atoms with van der Waals surface area (Å²) in [5.41, 5.74) is 0.775. The molecule has 1 amide bonds. The fraction of sp³-hybridized carbons (Fsp3) is 0.421. The summed E-state index contributed by atoms with van der Waals surface area (Å²) in [6.07, 6.45) is 3.57. The van der Waals surface area contributed by atoms with Crippen LogP contribution >= 0.6 is 11.6 Å². The third kappa shape index (κ3) is 5.39. The molecule has 4 nitrogen and oxygen atoms in total. The van der Waals surface area contributed by atoms with Gasteiger partial charge in [0.1, 0.15) is 0 Å². The van der Waals surface area contributed by atoms with Crippen LogP contribution in [0.3, 0.4) is 0 Å². The highest BCUT2D eigenvalue weighted by Crippen LogP contribution is 2.23. The maximum atomic E-state index is 11.3. The SMILES string of the molecule is CCOC(=O)Nc1cccc2ccccc12.OC1CCCCC1Cl. The van der Waals surface area contributed by atoms with Crippen LogP contribution in [-0.4, -0.2) is 29.3 Å². The van der Waals surface area contributed by atoms with Crippen molar-refractivity contribution in [2.45, 2.75) is 44.1 Å². The molecule has 2 atom stereocenters. The molecule has 5 heteroatoms. The van der Waals surface area contributed by atoms with E-state index in [-0.39, 0.29) is 11.5 Å². The molecule has 0 aromatic heterocycles. The Hall–Kier alpha value is -1.78. The van der Waals surface area contributed by atoms with Crippen molar-refractivity contribution < 1.29 is 14.6 Å². The van der Waals surface area contributed by atoms with Crippen molar-refractivity contribution in [3.8, 4) is 0 Å². The Morgan fingerprint density at radius 1 is 1.21 bits per heavy atom. The van der Waals surface area contributed by atoms with Gasteiger partial charge in [-0.2, -0.15) is 0 Å². The van der Waals surface area contributed by atoms with E-state index in [1.54, 1.807) is 6.92 Å². The number of amides is 1. The molecular weight excluding hydrogens is 326 g/mol. The number of hydrogen-bond acceptors (Lipinski definition) is 3. The van der Waals surface area contributed by atoms with Crippen LogP contribution in [0.15, 0.2) is 42.5 Å². The first kappa shape index (κ1) is 18.6. The number of aliphatic hydroxyl groups excluding tert-OH is 1. The number of ether oxygens (including phenoxy) is 1. The maximum absolute atomic E-state index is 11.3. The standard InChI is InChI=1S/C13H13NO2.C6H11ClO/c1-2-16-13(15)14-12-9-5-7-10-6-3-4-8-11(10)12;7-5-3-1-2-4-6(5)8/h3-9H,2H2,1H3,(H,14,15);5-6,8H,1-4H2. The van der Waals surface area contributed by atoms with Crippen molar-refractivity contribution in [1.29, 1.82) is 0 Å². The van der Waals surface area contributed by atoms with E-state index in [4.69, 9.17) is 21.4 Å². The second kappa shape index (κ2) is 9.50. The lowest BCUT2D eigenvalue weighted by atomic mass is 9.98. The smallest absolute Gasteiger partial charge is 0.411 e. The number of aliphatic hydroxyl groups is 1. The molecule has 1 aliphatic carbocycles. The van der Waals surface area contributed by atoms with Gasteiger partial charge in [0.2, 0.25) is 0 Å². The van der Waals surface area contributed by atoms with Gasteiger partial charge >= 0.3 is 6.09 Å². The fourth-order valence-corrected chi connectivity index (χ4v) is 2.96. The summed E-state index contributed by atoms with van der Waals surface area (Å²) in [5, 5.41) is 13.9. The zero-order valence-corrected chi connectivity index (χ0v) is 14.6. The number of carbonyl (C=O) groups excluding carboxylic acids is 1. The van der Waals surface area contributed by atoms with Crippen molar-refractivity contribution in [3.63, 3.8) is 0 Å². The molecule has 0 saturated heterocycles. The predicted molar refractivity (Wildman–Crippen MR) is 98.7 cm³/mol. The Morgan fingerprint density at radius 3 is 2.58 bits per heavy atom. The number of benzene rings is 2. The van der Waals surface area contributed by atoms with Gasteiger partial charge in [-0.05, 0) is 31.2 Å². The number of nitrogens with one attached hydrogen (secondary N) is 1. The first-order valence-electron chi connectivity index (χ1n) is 8.35. The van der Waals surface area contributed by atoms with Crippen LogP contribution in [-0.2, 0) is 4.74 Å². The molecule has 24 heavy (non-hydrogen) atoms. The van der Waals surface area contributed by atoms with Crippen LogP contribution < -0.4 is 5.32 Å². The van der Waals surface area contributed by atoms with E-state index in [9.17, 15) is 4.79 Å². The first-order valence-corrected chi connectivity index (χ1v) is 8.79. The summed E-state index contributed by atoms with van der Waals surface area (Å²) >= 11 is 5.72. The monoisotopic (exact) mass is 349 g/mol. The lowest BCUT2D eigenvalue weighted by Crippen LogP contribution is -2.24. The quantitative estimate of drug-likeness (QED) is 0.755. The van der Waals surface area contributed by atoms with Gasteiger partial charge in [-0.15, -0.1) is 11.6 Å². The minimum Gasteiger partial charge on any atom is -0.450 e. The van der Waals surface area contributed by atoms with Crippen LogP contribution in [0.4, 0.5) is 10.5 Å². The molecule has 1 fully saturated rings. The molecule has 1 aliphatic rings. The molecule has 3 rings (SSSR count). The van der Waals surface area contributed by atoms with Crippen molar-refractivity contribution in [2.75, 3.05) is 11.9 Å². The third-order valence-corrected chi connectivity index (χ3v) is 4.46. The van der Waals surface area contributed by atoms with Gasteiger partial charge in [-0.3, -0.25) is 5.32 Å². The number of anilines is 1. The van der Waals surface area contributed by atoms with E-state index in [1.165, 1.54) is 6.42 Å². The average molecular weight is 350 g/mol. The second-order valence-electron chi connectivity index (χ2n) is 5.74. The number of rotatable bonds is 2. The molecule has 2 N–H and O–H groups in total. The molecule has 1 saturated carbocycles. The summed E-state index contributed by atoms with van der Waals surface area (Å²) in [5.74, 6) is 0. The maximum Gasteiger partial charge on any atom is 0.411 e. The number of carbonyl (C=O) groups is 1. The minimum atomic E-state index is -0.418. The minimum absolute atomic E-state index is 0.0312. The number of fused-ring (bicyclic) bond motifs is 1. The molecule has 0 spiro atoms. The van der Waals surface area contributed by atoms with Crippen LogP contribution in [0.2, 0.25) is 0 Å². The highest BCUT2D eigenvalue weighted by atomic mass is 35.5. The van der Waals surface area contributed by atoms with Gasteiger partial charge in [-0.1, -0.05) is 49.2 Å². The molecule has 0 bridgehead atoms. The molecular formula is C19H24ClNO3. The van der Waals surface area contributed by atoms with Crippen LogP contribution in [0, 0.1) is 0 Å². The lowest BCUT2D eigenvalue weighted by molar-refractivity contribution is 0.134. The van der Waals surface area contributed by atoms with Crippen LogP contribution in [0.1, 0.15) is 32.6 Å². The summed E-state index contributed by atoms with van der Waals surface area (Å²) in [6, 6.07) is 13.7. The van der Waals surface area contributed by atoms with Gasteiger partial charge in [-0.25, -0.2) is 4.79 Å². The first-order chi connectivity index (χ1) is 11.6. The van der Waals surface area contributed by atoms with Gasteiger partial charge in [0.25, 0.3) is 0 Å². The summed E-state index contributed by atoms with van der Waals surface area (Å²) in [4.78, 5) is 11.3. The molecule has 2 aromatic rings. The zero-order valence-electron chi connectivity index (χ0n) is 13.9. The summed E-state index contributed by atoms with van der Waals surface area (Å²) in [7, 11) is 0. The average Bonchev–Trinajstić information content (AvgIpc) is 2.59. The number of halogens is 1.